The number of carbonyl (C=O) groups excluding carboxylic acids is 2. The maximum atomic E-state index is 13.4. The highest BCUT2D eigenvalue weighted by Crippen LogP contribution is 2.41. The van der Waals surface area contributed by atoms with E-state index in [1.54, 1.807) is 7.11 Å². The lowest BCUT2D eigenvalue weighted by atomic mass is 9.81. The Morgan fingerprint density at radius 3 is 2.48 bits per heavy atom. The molecule has 146 valence electrons. The molecule has 4 rings (SSSR count). The fourth-order valence-electron chi connectivity index (χ4n) is 4.55. The predicted octanol–water partition coefficient (Wildman–Crippen LogP) is 0.462. The molecule has 1 aromatic rings. The molecule has 1 spiro atoms. The fourth-order valence-corrected chi connectivity index (χ4v) is 4.55. The van der Waals surface area contributed by atoms with Crippen molar-refractivity contribution in [3.05, 3.63) is 29.8 Å². The number of benzene rings is 1. The minimum absolute atomic E-state index is 0.134. The number of piperazine rings is 1. The van der Waals surface area contributed by atoms with Gasteiger partial charge in [-0.2, -0.15) is 0 Å². The molecule has 2 atom stereocenters. The number of aliphatic hydroxyl groups excluding tert-OH is 1. The predicted molar refractivity (Wildman–Crippen MR) is 99.1 cm³/mol. The zero-order valence-corrected chi connectivity index (χ0v) is 16.1. The number of ether oxygens (including phenoxy) is 1. The molecule has 3 saturated heterocycles. The number of hydrogen-bond donors (Lipinski definition) is 1. The average molecular weight is 373 g/mol. The standard InChI is InChI=1S/C20H27N3O4/c1-13(2)21-11-20(12-21)19(26)22(9-14-4-6-16(27-3)7-5-14)18(25)17-8-15(24)10-23(17)20/h4-7,13,15,17,24H,8-12H2,1-3H3. The molecule has 7 heteroatoms. The zero-order chi connectivity index (χ0) is 19.3. The van der Waals surface area contributed by atoms with Crippen LogP contribution in [0.3, 0.4) is 0 Å². The van der Waals surface area contributed by atoms with Crippen LogP contribution in [-0.4, -0.2) is 82.1 Å². The van der Waals surface area contributed by atoms with Crippen LogP contribution < -0.4 is 4.74 Å². The van der Waals surface area contributed by atoms with Gasteiger partial charge in [0.15, 0.2) is 0 Å². The lowest BCUT2D eigenvalue weighted by Crippen LogP contribution is -2.82. The van der Waals surface area contributed by atoms with Gasteiger partial charge in [-0.3, -0.25) is 24.3 Å². The Morgan fingerprint density at radius 1 is 1.22 bits per heavy atom. The Labute approximate surface area is 159 Å². The molecular formula is C20H27N3O4. The monoisotopic (exact) mass is 373 g/mol. The van der Waals surface area contributed by atoms with Crippen molar-refractivity contribution in [1.82, 2.24) is 14.7 Å². The van der Waals surface area contributed by atoms with E-state index >= 15 is 0 Å². The summed E-state index contributed by atoms with van der Waals surface area (Å²) < 4.78 is 5.18. The number of β-amino-alcohol motifs (C(OH)–C–C–N with tert-alkyl or cyclic N) is 1. The molecule has 0 saturated carbocycles. The van der Waals surface area contributed by atoms with Gasteiger partial charge in [0.05, 0.1) is 25.8 Å². The second kappa shape index (κ2) is 6.58. The van der Waals surface area contributed by atoms with Crippen LogP contribution in [-0.2, 0) is 16.1 Å². The zero-order valence-electron chi connectivity index (χ0n) is 16.1. The highest BCUT2D eigenvalue weighted by Gasteiger charge is 2.64. The number of hydrogen-bond acceptors (Lipinski definition) is 6. The molecular weight excluding hydrogens is 346 g/mol. The van der Waals surface area contributed by atoms with Gasteiger partial charge in [0.2, 0.25) is 5.91 Å². The summed E-state index contributed by atoms with van der Waals surface area (Å²) >= 11 is 0. The number of nitrogens with zero attached hydrogens (tertiary/aromatic N) is 3. The van der Waals surface area contributed by atoms with E-state index in [-0.39, 0.29) is 18.4 Å². The van der Waals surface area contributed by atoms with Gasteiger partial charge >= 0.3 is 0 Å². The summed E-state index contributed by atoms with van der Waals surface area (Å²) in [5.74, 6) is 0.412. The molecule has 3 aliphatic rings. The van der Waals surface area contributed by atoms with Crippen molar-refractivity contribution in [2.45, 2.75) is 50.5 Å². The van der Waals surface area contributed by atoms with Gasteiger partial charge in [0, 0.05) is 25.7 Å². The number of amides is 2. The molecule has 3 heterocycles. The van der Waals surface area contributed by atoms with Crippen molar-refractivity contribution >= 4 is 11.8 Å². The normalized spacial score (nSPS) is 28.0. The highest BCUT2D eigenvalue weighted by atomic mass is 16.5. The SMILES string of the molecule is COc1ccc(CN2C(=O)C3CC(O)CN3C3(CN(C(C)C)C3)C2=O)cc1. The Bertz CT molecular complexity index is 742. The van der Waals surface area contributed by atoms with E-state index < -0.39 is 17.7 Å². The molecule has 3 aliphatic heterocycles. The first kappa shape index (κ1) is 18.4. The summed E-state index contributed by atoms with van der Waals surface area (Å²) in [7, 11) is 1.60. The largest absolute Gasteiger partial charge is 0.497 e. The van der Waals surface area contributed by atoms with Crippen molar-refractivity contribution in [2.75, 3.05) is 26.7 Å². The van der Waals surface area contributed by atoms with Crippen LogP contribution in [0.25, 0.3) is 0 Å². The van der Waals surface area contributed by atoms with E-state index in [2.05, 4.69) is 18.7 Å². The molecule has 7 nitrogen and oxygen atoms in total. The minimum Gasteiger partial charge on any atom is -0.497 e. The topological polar surface area (TPSA) is 73.3 Å². The van der Waals surface area contributed by atoms with E-state index in [1.165, 1.54) is 4.90 Å². The van der Waals surface area contributed by atoms with Crippen LogP contribution >= 0.6 is 0 Å². The summed E-state index contributed by atoms with van der Waals surface area (Å²) in [5, 5.41) is 10.2. The van der Waals surface area contributed by atoms with E-state index in [0.29, 0.717) is 32.1 Å². The quantitative estimate of drug-likeness (QED) is 0.773. The van der Waals surface area contributed by atoms with Crippen molar-refractivity contribution < 1.29 is 19.4 Å². The first-order valence-corrected chi connectivity index (χ1v) is 9.53. The van der Waals surface area contributed by atoms with Gasteiger partial charge in [-0.15, -0.1) is 0 Å². The molecule has 1 N–H and O–H groups in total. The molecule has 0 bridgehead atoms. The Hall–Kier alpha value is -1.96. The average Bonchev–Trinajstić information content (AvgIpc) is 3.00. The second-order valence-corrected chi connectivity index (χ2v) is 8.17. The fraction of sp³-hybridized carbons (Fsp3) is 0.600. The number of rotatable bonds is 4. The summed E-state index contributed by atoms with van der Waals surface area (Å²) in [4.78, 5) is 32.1. The van der Waals surface area contributed by atoms with Crippen LogP contribution in [0.5, 0.6) is 5.75 Å². The van der Waals surface area contributed by atoms with Gasteiger partial charge in [-0.1, -0.05) is 12.1 Å². The lowest BCUT2D eigenvalue weighted by molar-refractivity contribution is -0.182. The first-order chi connectivity index (χ1) is 12.9. The summed E-state index contributed by atoms with van der Waals surface area (Å²) in [6.07, 6.45) is -0.160. The molecule has 2 unspecified atom stereocenters. The van der Waals surface area contributed by atoms with Gasteiger partial charge in [0.1, 0.15) is 11.3 Å². The second-order valence-electron chi connectivity index (χ2n) is 8.17. The Kier molecular flexibility index (Phi) is 4.49. The van der Waals surface area contributed by atoms with Crippen LogP contribution in [0.1, 0.15) is 25.8 Å². The van der Waals surface area contributed by atoms with Crippen molar-refractivity contribution in [3.63, 3.8) is 0 Å². The van der Waals surface area contributed by atoms with Gasteiger partial charge < -0.3 is 9.84 Å². The smallest absolute Gasteiger partial charge is 0.252 e. The first-order valence-electron chi connectivity index (χ1n) is 9.53. The highest BCUT2D eigenvalue weighted by molar-refractivity contribution is 6.06. The van der Waals surface area contributed by atoms with E-state index in [4.69, 9.17) is 4.74 Å². The maximum absolute atomic E-state index is 13.4. The van der Waals surface area contributed by atoms with E-state index in [1.807, 2.05) is 29.2 Å². The van der Waals surface area contributed by atoms with Crippen LogP contribution in [0.2, 0.25) is 0 Å². The number of methoxy groups -OCH3 is 1. The summed E-state index contributed by atoms with van der Waals surface area (Å²) in [6, 6.07) is 7.36. The maximum Gasteiger partial charge on any atom is 0.252 e. The Morgan fingerprint density at radius 2 is 1.89 bits per heavy atom. The Balaban J connectivity index is 1.61. The number of fused-ring (bicyclic) bond motifs is 2. The third-order valence-corrected chi connectivity index (χ3v) is 6.18. The molecule has 3 fully saturated rings. The molecule has 0 aromatic heterocycles. The van der Waals surface area contributed by atoms with E-state index in [0.717, 1.165) is 11.3 Å². The van der Waals surface area contributed by atoms with Crippen molar-refractivity contribution in [3.8, 4) is 5.75 Å². The van der Waals surface area contributed by atoms with E-state index in [9.17, 15) is 14.7 Å². The number of aliphatic hydroxyl groups is 1. The van der Waals surface area contributed by atoms with Crippen LogP contribution in [0.4, 0.5) is 0 Å². The van der Waals surface area contributed by atoms with Crippen LogP contribution in [0, 0.1) is 0 Å². The third kappa shape index (κ3) is 2.85. The van der Waals surface area contributed by atoms with Crippen molar-refractivity contribution in [1.29, 1.82) is 0 Å². The van der Waals surface area contributed by atoms with Crippen molar-refractivity contribution in [2.24, 2.45) is 0 Å². The lowest BCUT2D eigenvalue weighted by Gasteiger charge is -2.59. The van der Waals surface area contributed by atoms with Gasteiger partial charge in [-0.25, -0.2) is 0 Å². The van der Waals surface area contributed by atoms with Gasteiger partial charge in [-0.05, 0) is 38.0 Å². The number of likely N-dealkylation sites (tertiary alicyclic amines) is 1. The molecule has 2 amide bonds. The summed E-state index contributed by atoms with van der Waals surface area (Å²) in [5.41, 5.74) is 0.201. The molecule has 1 aromatic carbocycles. The minimum atomic E-state index is -0.688. The summed E-state index contributed by atoms with van der Waals surface area (Å²) in [6.45, 7) is 6.09. The molecule has 27 heavy (non-hydrogen) atoms. The molecule has 0 radical (unpaired) electrons. The van der Waals surface area contributed by atoms with Gasteiger partial charge in [0.25, 0.3) is 5.91 Å². The molecule has 0 aliphatic carbocycles. The number of imide groups is 1. The van der Waals surface area contributed by atoms with Crippen LogP contribution in [0.15, 0.2) is 24.3 Å². The third-order valence-electron chi connectivity index (χ3n) is 6.18. The number of carbonyl (C=O) groups is 2.